The summed E-state index contributed by atoms with van der Waals surface area (Å²) in [7, 11) is 0. The van der Waals surface area contributed by atoms with Crippen LogP contribution in [0.15, 0.2) is 18.2 Å². The number of carbonyl (C=O) groups excluding carboxylic acids is 5. The number of nitrogens with zero attached hydrogens (tertiary/aromatic N) is 1. The van der Waals surface area contributed by atoms with Gasteiger partial charge in [0.25, 0.3) is 0 Å². The smallest absolute Gasteiger partial charge is 0.407 e. The molecule has 1 amide bonds. The van der Waals surface area contributed by atoms with E-state index >= 15 is 0 Å². The van der Waals surface area contributed by atoms with E-state index < -0.39 is 24.5 Å². The van der Waals surface area contributed by atoms with Crippen molar-refractivity contribution in [2.45, 2.75) is 311 Å². The summed E-state index contributed by atoms with van der Waals surface area (Å²) in [6.07, 6.45) is 33.7. The number of hydrogen-bond acceptors (Lipinski definition) is 13. The highest BCUT2D eigenvalue weighted by atomic mass is 16.7. The van der Waals surface area contributed by atoms with Gasteiger partial charge in [0.2, 0.25) is 0 Å². The molecule has 2 atom stereocenters. The van der Waals surface area contributed by atoms with E-state index in [0.717, 1.165) is 110 Å². The maximum atomic E-state index is 13.3. The van der Waals surface area contributed by atoms with Crippen LogP contribution in [0.4, 0.5) is 4.79 Å². The van der Waals surface area contributed by atoms with Gasteiger partial charge in [-0.05, 0) is 126 Å². The minimum atomic E-state index is -0.480. The summed E-state index contributed by atoms with van der Waals surface area (Å²) in [5.74, 6) is -1.23. The predicted molar refractivity (Wildman–Crippen MR) is 315 cm³/mol. The molecular formula is C65H114N2O12. The predicted octanol–water partition coefficient (Wildman–Crippen LogP) is 16.0. The molecule has 1 N–H and O–H groups in total. The van der Waals surface area contributed by atoms with Crippen LogP contribution in [0, 0.1) is 0 Å². The minimum Gasteiger partial charge on any atom is -0.463 e. The minimum absolute atomic E-state index is 0.00562. The van der Waals surface area contributed by atoms with Gasteiger partial charge in [0.15, 0.2) is 6.29 Å². The van der Waals surface area contributed by atoms with Crippen molar-refractivity contribution in [3.63, 3.8) is 0 Å². The highest BCUT2D eigenvalue weighted by molar-refractivity contribution is 5.71. The van der Waals surface area contributed by atoms with Crippen LogP contribution >= 0.6 is 0 Å². The van der Waals surface area contributed by atoms with Crippen molar-refractivity contribution in [1.29, 1.82) is 0 Å². The van der Waals surface area contributed by atoms with Gasteiger partial charge in [-0.15, -0.1) is 0 Å². The van der Waals surface area contributed by atoms with Gasteiger partial charge >= 0.3 is 30.0 Å². The molecule has 456 valence electrons. The second kappa shape index (κ2) is 50.0. The van der Waals surface area contributed by atoms with Gasteiger partial charge in [0, 0.05) is 52.0 Å². The van der Waals surface area contributed by atoms with E-state index in [-0.39, 0.29) is 63.1 Å². The number of alkyl carbamates (subject to hydrolysis) is 1. The number of nitrogens with one attached hydrogen (secondary N) is 1. The molecule has 1 aromatic rings. The number of hydrogen-bond donors (Lipinski definition) is 1. The summed E-state index contributed by atoms with van der Waals surface area (Å²) in [4.78, 5) is 67.0. The lowest BCUT2D eigenvalue weighted by molar-refractivity contribution is -0.160. The highest BCUT2D eigenvalue weighted by Crippen LogP contribution is 2.20. The van der Waals surface area contributed by atoms with Crippen LogP contribution in [0.25, 0.3) is 0 Å². The number of amides is 1. The lowest BCUT2D eigenvalue weighted by atomic mass is 10.1. The van der Waals surface area contributed by atoms with E-state index in [9.17, 15) is 24.0 Å². The Labute approximate surface area is 480 Å². The zero-order chi connectivity index (χ0) is 57.2. The van der Waals surface area contributed by atoms with Crippen molar-refractivity contribution < 1.29 is 57.1 Å². The number of unbranched alkanes of at least 4 members (excludes halogenated alkanes) is 22. The largest absolute Gasteiger partial charge is 0.463 e. The molecule has 1 aliphatic rings. The zero-order valence-corrected chi connectivity index (χ0v) is 50.8. The maximum absolute atomic E-state index is 13.3. The number of rotatable bonds is 53. The first kappa shape index (κ1) is 71.4. The molecule has 0 saturated carbocycles. The van der Waals surface area contributed by atoms with Crippen molar-refractivity contribution in [2.75, 3.05) is 39.4 Å². The summed E-state index contributed by atoms with van der Waals surface area (Å²) >= 11 is 0. The first-order valence-corrected chi connectivity index (χ1v) is 32.2. The van der Waals surface area contributed by atoms with Gasteiger partial charge in [0.1, 0.15) is 25.9 Å². The third kappa shape index (κ3) is 41.8. The molecule has 2 unspecified atom stereocenters. The molecule has 0 bridgehead atoms. The Bertz CT molecular complexity index is 1670. The number of esters is 4. The van der Waals surface area contributed by atoms with E-state index in [2.05, 4.69) is 37.9 Å². The van der Waals surface area contributed by atoms with Gasteiger partial charge in [-0.1, -0.05) is 163 Å². The Kier molecular flexibility index (Phi) is 45.2. The van der Waals surface area contributed by atoms with Gasteiger partial charge < -0.3 is 43.4 Å². The first-order chi connectivity index (χ1) is 38.5. The number of ether oxygens (including phenoxy) is 7. The highest BCUT2D eigenvalue weighted by Gasteiger charge is 2.20. The van der Waals surface area contributed by atoms with Crippen molar-refractivity contribution in [2.24, 2.45) is 0 Å². The second-order valence-electron chi connectivity index (χ2n) is 22.4. The molecule has 1 fully saturated rings. The van der Waals surface area contributed by atoms with Gasteiger partial charge in [0.05, 0.1) is 12.5 Å². The quantitative estimate of drug-likeness (QED) is 0.0284. The van der Waals surface area contributed by atoms with E-state index in [4.69, 9.17) is 33.2 Å². The summed E-state index contributed by atoms with van der Waals surface area (Å²) in [6, 6.07) is 5.52. The average Bonchev–Trinajstić information content (AvgIpc) is 3.98. The molecule has 14 nitrogen and oxygen atoms in total. The summed E-state index contributed by atoms with van der Waals surface area (Å²) < 4.78 is 41.1. The second-order valence-corrected chi connectivity index (χ2v) is 22.4. The fourth-order valence-corrected chi connectivity index (χ4v) is 9.92. The van der Waals surface area contributed by atoms with Gasteiger partial charge in [-0.3, -0.25) is 19.2 Å². The Morgan fingerprint density at radius 2 is 0.861 bits per heavy atom. The van der Waals surface area contributed by atoms with E-state index in [1.54, 1.807) is 0 Å². The normalized spacial score (nSPS) is 13.3. The Hall–Kier alpha value is -3.75. The molecule has 1 aromatic carbocycles. The maximum Gasteiger partial charge on any atom is 0.407 e. The van der Waals surface area contributed by atoms with E-state index in [1.807, 2.05) is 25.1 Å². The molecular weight excluding hydrogens is 1000 g/mol. The summed E-state index contributed by atoms with van der Waals surface area (Å²) in [6.45, 7) is 15.4. The third-order valence-corrected chi connectivity index (χ3v) is 14.8. The van der Waals surface area contributed by atoms with Crippen molar-refractivity contribution in [3.8, 4) is 0 Å². The third-order valence-electron chi connectivity index (χ3n) is 14.8. The molecule has 0 aromatic heterocycles. The average molecular weight is 1120 g/mol. The Balaban J connectivity index is 1.99. The van der Waals surface area contributed by atoms with Crippen molar-refractivity contribution >= 4 is 30.0 Å². The molecule has 2 rings (SSSR count). The first-order valence-electron chi connectivity index (χ1n) is 32.2. The van der Waals surface area contributed by atoms with Crippen LogP contribution in [0.3, 0.4) is 0 Å². The topological polar surface area (TPSA) is 165 Å². The van der Waals surface area contributed by atoms with Crippen LogP contribution in [0.5, 0.6) is 0 Å². The number of carbonyl (C=O) groups is 5. The fraction of sp³-hybridized carbons (Fsp3) is 0.831. The van der Waals surface area contributed by atoms with E-state index in [1.165, 1.54) is 96.3 Å². The standard InChI is InChI=1S/C65H114N2O12/c1-6-10-14-18-22-27-35-55(5)78-63(71)38-30-24-21-23-29-37-60(68)75-52-56-49-57(53-76-61(69)40-39-59(36-28-17-13-9-4)79-65(72)66-43-46-67-44-31-32-45-67)51-58(50-56)54-77-62(70)41-42-64(73-47-33-25-19-15-11-7-2)74-48-34-26-20-16-12-8-3/h49-51,55,59,64H,6-48,52-54H2,1-5H3,(H,66,72). The monoisotopic (exact) mass is 1110 g/mol. The SMILES string of the molecule is CCCCCCCCOC(CCC(=O)OCc1cc(COC(=O)CCCCCCCC(=O)OC(C)CCCCCCCC)cc(COC(=O)CCC(CCCCCC)OC(=O)NCCN2CCCC2)c1)OCCCCCCCC. The van der Waals surface area contributed by atoms with Gasteiger partial charge in [-0.25, -0.2) is 4.79 Å². The Morgan fingerprint density at radius 3 is 1.37 bits per heavy atom. The van der Waals surface area contributed by atoms with Crippen LogP contribution in [0.2, 0.25) is 0 Å². The lowest BCUT2D eigenvalue weighted by Crippen LogP contribution is -2.35. The van der Waals surface area contributed by atoms with Crippen LogP contribution in [0.1, 0.15) is 289 Å². The molecule has 79 heavy (non-hydrogen) atoms. The van der Waals surface area contributed by atoms with Crippen LogP contribution < -0.4 is 5.32 Å². The molecule has 1 saturated heterocycles. The molecule has 1 heterocycles. The fourth-order valence-electron chi connectivity index (χ4n) is 9.92. The van der Waals surface area contributed by atoms with E-state index in [0.29, 0.717) is 68.6 Å². The number of likely N-dealkylation sites (tertiary alicyclic amines) is 1. The molecule has 0 radical (unpaired) electrons. The summed E-state index contributed by atoms with van der Waals surface area (Å²) in [5.41, 5.74) is 2.03. The lowest BCUT2D eigenvalue weighted by Gasteiger charge is -2.19. The van der Waals surface area contributed by atoms with Crippen molar-refractivity contribution in [3.05, 3.63) is 34.9 Å². The summed E-state index contributed by atoms with van der Waals surface area (Å²) in [5, 5.41) is 2.89. The molecule has 1 aliphatic heterocycles. The molecule has 0 aliphatic carbocycles. The zero-order valence-electron chi connectivity index (χ0n) is 50.8. The van der Waals surface area contributed by atoms with Crippen LogP contribution in [-0.4, -0.2) is 92.8 Å². The Morgan fingerprint density at radius 1 is 0.456 bits per heavy atom. The van der Waals surface area contributed by atoms with Crippen molar-refractivity contribution in [1.82, 2.24) is 10.2 Å². The molecule has 14 heteroatoms. The van der Waals surface area contributed by atoms with Gasteiger partial charge in [-0.2, -0.15) is 0 Å². The van der Waals surface area contributed by atoms with Crippen LogP contribution in [-0.2, 0) is 72.2 Å². The number of benzene rings is 1. The molecule has 0 spiro atoms.